The summed E-state index contributed by atoms with van der Waals surface area (Å²) in [7, 11) is 3.79. The molecular weight excluding hydrogens is 679 g/mol. The Morgan fingerprint density at radius 3 is 1.48 bits per heavy atom. The maximum Gasteiger partial charge on any atom is 0.307 e. The van der Waals surface area contributed by atoms with E-state index in [2.05, 4.69) is 62.5 Å². The lowest BCUT2D eigenvalue weighted by molar-refractivity contribution is -0.168. The van der Waals surface area contributed by atoms with Gasteiger partial charge in [-0.25, -0.2) is 0 Å². The lowest BCUT2D eigenvalue weighted by atomic mass is 10.1. The van der Waals surface area contributed by atoms with Crippen LogP contribution in [0.5, 0.6) is 0 Å². The summed E-state index contributed by atoms with van der Waals surface area (Å²) in [4.78, 5) is 39.9. The first-order chi connectivity index (χ1) is 26.4. The zero-order chi connectivity index (χ0) is 39.3. The Morgan fingerprint density at radius 1 is 0.556 bits per heavy atom. The van der Waals surface area contributed by atoms with Crippen LogP contribution in [0, 0.1) is 0 Å². The SMILES string of the molecule is CCCCC/C=C\C/C=C\CCCCCCCC(=O)OC1CO[C@H](COC(=O)CCN(C)C)[C@@H]1OC(=O)CCCCCCC/C=C\C/C=C\CCCCC. The van der Waals surface area contributed by atoms with Crippen molar-refractivity contribution in [2.45, 2.75) is 193 Å². The summed E-state index contributed by atoms with van der Waals surface area (Å²) in [5, 5.41) is 0. The van der Waals surface area contributed by atoms with E-state index >= 15 is 0 Å². The van der Waals surface area contributed by atoms with E-state index in [-0.39, 0.29) is 37.5 Å². The van der Waals surface area contributed by atoms with Crippen molar-refractivity contribution in [2.24, 2.45) is 0 Å². The van der Waals surface area contributed by atoms with Crippen LogP contribution in [0.3, 0.4) is 0 Å². The normalized spacial score (nSPS) is 17.5. The summed E-state index contributed by atoms with van der Waals surface area (Å²) in [5.41, 5.74) is 0. The highest BCUT2D eigenvalue weighted by atomic mass is 16.6. The van der Waals surface area contributed by atoms with Crippen molar-refractivity contribution >= 4 is 17.9 Å². The smallest absolute Gasteiger partial charge is 0.307 e. The molecule has 0 bridgehead atoms. The second-order valence-corrected chi connectivity index (χ2v) is 15.1. The summed E-state index contributed by atoms with van der Waals surface area (Å²) < 4.78 is 22.9. The number of carbonyl (C=O) groups is 3. The molecule has 0 aliphatic carbocycles. The molecule has 0 aromatic rings. The van der Waals surface area contributed by atoms with Crippen LogP contribution in [0.2, 0.25) is 0 Å². The molecule has 1 rings (SSSR count). The molecule has 1 fully saturated rings. The summed E-state index contributed by atoms with van der Waals surface area (Å²) in [6, 6.07) is 0. The van der Waals surface area contributed by atoms with E-state index in [0.29, 0.717) is 19.4 Å². The fraction of sp³-hybridized carbons (Fsp3) is 0.761. The molecule has 0 spiro atoms. The van der Waals surface area contributed by atoms with Gasteiger partial charge < -0.3 is 23.8 Å². The first-order valence-corrected chi connectivity index (χ1v) is 21.8. The molecule has 0 aromatic heterocycles. The first kappa shape index (κ1) is 49.3. The molecule has 54 heavy (non-hydrogen) atoms. The largest absolute Gasteiger partial charge is 0.463 e. The van der Waals surface area contributed by atoms with Gasteiger partial charge in [0.2, 0.25) is 0 Å². The number of rotatable bonds is 35. The number of unbranched alkanes of at least 4 members (excludes halogenated alkanes) is 16. The Labute approximate surface area is 330 Å². The Hall–Kier alpha value is -2.71. The van der Waals surface area contributed by atoms with Gasteiger partial charge in [0.05, 0.1) is 13.0 Å². The fourth-order valence-corrected chi connectivity index (χ4v) is 6.21. The van der Waals surface area contributed by atoms with Gasteiger partial charge in [-0.1, -0.05) is 127 Å². The average molecular weight is 758 g/mol. The van der Waals surface area contributed by atoms with Crippen LogP contribution in [0.4, 0.5) is 0 Å². The predicted octanol–water partition coefficient (Wildman–Crippen LogP) is 11.3. The topological polar surface area (TPSA) is 91.4 Å². The highest BCUT2D eigenvalue weighted by molar-refractivity contribution is 5.71. The molecule has 1 unspecified atom stereocenters. The van der Waals surface area contributed by atoms with E-state index in [1.807, 2.05) is 19.0 Å². The average Bonchev–Trinajstić information content (AvgIpc) is 3.52. The number of nitrogens with zero attached hydrogens (tertiary/aromatic N) is 1. The standard InChI is InChI=1S/C46H79NO7/c1-5-7-9-11-13-15-17-19-21-23-25-27-29-31-33-35-44(49)53-42-40-51-41(39-52-43(48)37-38-47(3)4)46(42)54-45(50)36-34-32-30-28-26-24-22-20-18-16-14-12-10-8-6-2/h13-16,19-22,41-42,46H,5-12,17-18,23-40H2,1-4H3/b15-13-,16-14-,21-19-,22-20-/t41-,42?,46+/m1/s1. The quantitative estimate of drug-likeness (QED) is 0.0273. The Balaban J connectivity index is 2.36. The zero-order valence-corrected chi connectivity index (χ0v) is 35.0. The van der Waals surface area contributed by atoms with Crippen molar-refractivity contribution in [3.05, 3.63) is 48.6 Å². The predicted molar refractivity (Wildman–Crippen MR) is 222 cm³/mol. The van der Waals surface area contributed by atoms with Gasteiger partial charge in [-0.15, -0.1) is 0 Å². The van der Waals surface area contributed by atoms with Crippen LogP contribution < -0.4 is 0 Å². The fourth-order valence-electron chi connectivity index (χ4n) is 6.21. The number of esters is 3. The number of carbonyl (C=O) groups excluding carboxylic acids is 3. The van der Waals surface area contributed by atoms with E-state index in [4.69, 9.17) is 18.9 Å². The summed E-state index contributed by atoms with van der Waals surface area (Å²) >= 11 is 0. The second kappa shape index (κ2) is 36.0. The lowest BCUT2D eigenvalue weighted by Crippen LogP contribution is -2.40. The zero-order valence-electron chi connectivity index (χ0n) is 35.0. The van der Waals surface area contributed by atoms with Crippen LogP contribution in [0.25, 0.3) is 0 Å². The highest BCUT2D eigenvalue weighted by Gasteiger charge is 2.43. The molecule has 1 heterocycles. The molecule has 1 aliphatic heterocycles. The van der Waals surface area contributed by atoms with E-state index in [9.17, 15) is 14.4 Å². The van der Waals surface area contributed by atoms with Gasteiger partial charge in [-0.3, -0.25) is 14.4 Å². The molecule has 8 nitrogen and oxygen atoms in total. The maximum atomic E-state index is 12.9. The van der Waals surface area contributed by atoms with Crippen LogP contribution in [-0.4, -0.2) is 75.0 Å². The molecule has 0 aromatic carbocycles. The second-order valence-electron chi connectivity index (χ2n) is 15.1. The minimum atomic E-state index is -0.800. The van der Waals surface area contributed by atoms with Gasteiger partial charge in [0.15, 0.2) is 12.2 Å². The van der Waals surface area contributed by atoms with Crippen molar-refractivity contribution in [1.82, 2.24) is 4.90 Å². The Kier molecular flexibility index (Phi) is 32.8. The Morgan fingerprint density at radius 2 is 1.00 bits per heavy atom. The molecule has 0 N–H and O–H groups in total. The van der Waals surface area contributed by atoms with E-state index in [1.54, 1.807) is 0 Å². The van der Waals surface area contributed by atoms with Crippen molar-refractivity contribution in [1.29, 1.82) is 0 Å². The van der Waals surface area contributed by atoms with E-state index < -0.39 is 18.3 Å². The van der Waals surface area contributed by atoms with Gasteiger partial charge in [0.25, 0.3) is 0 Å². The van der Waals surface area contributed by atoms with Gasteiger partial charge in [0, 0.05) is 19.4 Å². The van der Waals surface area contributed by atoms with Gasteiger partial charge in [0.1, 0.15) is 12.7 Å². The molecule has 0 saturated carbocycles. The molecule has 8 heteroatoms. The monoisotopic (exact) mass is 758 g/mol. The molecule has 0 radical (unpaired) electrons. The minimum Gasteiger partial charge on any atom is -0.463 e. The molecular formula is C46H79NO7. The summed E-state index contributed by atoms with van der Waals surface area (Å²) in [5.74, 6) is -0.994. The third kappa shape index (κ3) is 29.6. The van der Waals surface area contributed by atoms with Gasteiger partial charge in [-0.05, 0) is 91.1 Å². The summed E-state index contributed by atoms with van der Waals surface area (Å²) in [6.07, 6.45) is 41.3. The van der Waals surface area contributed by atoms with Crippen LogP contribution in [0.1, 0.15) is 174 Å². The minimum absolute atomic E-state index is 0.0487. The molecule has 3 atom stereocenters. The van der Waals surface area contributed by atoms with Crippen molar-refractivity contribution in [3.8, 4) is 0 Å². The number of hydrogen-bond donors (Lipinski definition) is 0. The van der Waals surface area contributed by atoms with Crippen molar-refractivity contribution < 1.29 is 33.3 Å². The number of ether oxygens (including phenoxy) is 4. The van der Waals surface area contributed by atoms with E-state index in [1.165, 1.54) is 51.4 Å². The lowest BCUT2D eigenvalue weighted by Gasteiger charge is -2.23. The van der Waals surface area contributed by atoms with E-state index in [0.717, 1.165) is 89.9 Å². The van der Waals surface area contributed by atoms with Crippen molar-refractivity contribution in [2.75, 3.05) is 33.9 Å². The van der Waals surface area contributed by atoms with Crippen molar-refractivity contribution in [3.63, 3.8) is 0 Å². The van der Waals surface area contributed by atoms with Crippen LogP contribution >= 0.6 is 0 Å². The Bertz CT molecular complexity index is 1050. The molecule has 1 saturated heterocycles. The number of hydrogen-bond acceptors (Lipinski definition) is 8. The van der Waals surface area contributed by atoms with Crippen LogP contribution in [0.15, 0.2) is 48.6 Å². The van der Waals surface area contributed by atoms with Gasteiger partial charge >= 0.3 is 17.9 Å². The summed E-state index contributed by atoms with van der Waals surface area (Å²) in [6.45, 7) is 5.10. The molecule has 310 valence electrons. The third-order valence-electron chi connectivity index (χ3n) is 9.59. The number of allylic oxidation sites excluding steroid dienone is 8. The van der Waals surface area contributed by atoms with Gasteiger partial charge in [-0.2, -0.15) is 0 Å². The molecule has 1 aliphatic rings. The first-order valence-electron chi connectivity index (χ1n) is 21.8. The van der Waals surface area contributed by atoms with Crippen LogP contribution in [-0.2, 0) is 33.3 Å². The maximum absolute atomic E-state index is 12.9. The highest BCUT2D eigenvalue weighted by Crippen LogP contribution is 2.24. The third-order valence-corrected chi connectivity index (χ3v) is 9.59. The molecule has 0 amide bonds.